The van der Waals surface area contributed by atoms with Gasteiger partial charge in [0.1, 0.15) is 5.54 Å². The third kappa shape index (κ3) is 4.02. The number of carbonyl (C=O) groups is 1. The summed E-state index contributed by atoms with van der Waals surface area (Å²) in [5.74, 6) is -0.202. The van der Waals surface area contributed by atoms with E-state index in [1.54, 1.807) is 0 Å². The number of carbonyl (C=O) groups excluding carboxylic acids is 1. The number of hydrogen-bond acceptors (Lipinski definition) is 3. The zero-order valence-electron chi connectivity index (χ0n) is 11.1. The SMILES string of the molecule is CCCC(C)(Nc1cccc(Br)c1)C(=O)OCC. The molecule has 0 radical (unpaired) electrons. The van der Waals surface area contributed by atoms with Gasteiger partial charge in [0, 0.05) is 10.2 Å². The van der Waals surface area contributed by atoms with E-state index in [2.05, 4.69) is 28.2 Å². The zero-order valence-corrected chi connectivity index (χ0v) is 12.7. The Labute approximate surface area is 117 Å². The molecule has 3 nitrogen and oxygen atoms in total. The van der Waals surface area contributed by atoms with E-state index in [-0.39, 0.29) is 5.97 Å². The summed E-state index contributed by atoms with van der Waals surface area (Å²) in [7, 11) is 0. The Morgan fingerprint density at radius 3 is 2.72 bits per heavy atom. The predicted octanol–water partition coefficient (Wildman–Crippen LogP) is 3.98. The number of esters is 1. The Morgan fingerprint density at radius 2 is 2.17 bits per heavy atom. The molecule has 0 spiro atoms. The molecule has 0 bridgehead atoms. The summed E-state index contributed by atoms with van der Waals surface area (Å²) in [4.78, 5) is 12.0. The van der Waals surface area contributed by atoms with Gasteiger partial charge in [-0.15, -0.1) is 0 Å². The van der Waals surface area contributed by atoms with Gasteiger partial charge in [-0.1, -0.05) is 35.3 Å². The van der Waals surface area contributed by atoms with Gasteiger partial charge in [-0.05, 0) is 38.5 Å². The molecular formula is C14H20BrNO2. The molecule has 1 aromatic carbocycles. The highest BCUT2D eigenvalue weighted by atomic mass is 79.9. The van der Waals surface area contributed by atoms with Crippen LogP contribution in [0, 0.1) is 0 Å². The number of hydrogen-bond donors (Lipinski definition) is 1. The molecule has 0 aliphatic rings. The maximum atomic E-state index is 12.0. The molecule has 0 aliphatic carbocycles. The van der Waals surface area contributed by atoms with E-state index in [0.29, 0.717) is 6.61 Å². The van der Waals surface area contributed by atoms with Crippen LogP contribution in [0.2, 0.25) is 0 Å². The second kappa shape index (κ2) is 6.78. The number of rotatable bonds is 6. The lowest BCUT2D eigenvalue weighted by Gasteiger charge is -2.29. The van der Waals surface area contributed by atoms with Crippen LogP contribution in [-0.2, 0) is 9.53 Å². The third-order valence-electron chi connectivity index (χ3n) is 2.72. The van der Waals surface area contributed by atoms with Crippen LogP contribution in [-0.4, -0.2) is 18.1 Å². The van der Waals surface area contributed by atoms with Gasteiger partial charge in [-0.2, -0.15) is 0 Å². The summed E-state index contributed by atoms with van der Waals surface area (Å²) < 4.78 is 6.13. The van der Waals surface area contributed by atoms with Gasteiger partial charge in [0.15, 0.2) is 0 Å². The summed E-state index contributed by atoms with van der Waals surface area (Å²) in [5, 5.41) is 3.28. The lowest BCUT2D eigenvalue weighted by molar-refractivity contribution is -0.148. The molecule has 100 valence electrons. The van der Waals surface area contributed by atoms with E-state index >= 15 is 0 Å². The average Bonchev–Trinajstić information content (AvgIpc) is 2.29. The number of nitrogens with one attached hydrogen (secondary N) is 1. The molecule has 0 saturated carbocycles. The first-order valence-corrected chi connectivity index (χ1v) is 7.02. The first kappa shape index (κ1) is 15.0. The van der Waals surface area contributed by atoms with Crippen LogP contribution >= 0.6 is 15.9 Å². The van der Waals surface area contributed by atoms with Gasteiger partial charge in [-0.3, -0.25) is 0 Å². The van der Waals surface area contributed by atoms with Gasteiger partial charge in [-0.25, -0.2) is 4.79 Å². The largest absolute Gasteiger partial charge is 0.464 e. The third-order valence-corrected chi connectivity index (χ3v) is 3.21. The molecule has 1 rings (SSSR count). The molecule has 1 unspecified atom stereocenters. The fourth-order valence-electron chi connectivity index (χ4n) is 1.89. The first-order chi connectivity index (χ1) is 8.51. The lowest BCUT2D eigenvalue weighted by Crippen LogP contribution is -2.44. The Kier molecular flexibility index (Phi) is 5.66. The van der Waals surface area contributed by atoms with E-state index < -0.39 is 5.54 Å². The summed E-state index contributed by atoms with van der Waals surface area (Å²) in [5.41, 5.74) is 0.235. The minimum Gasteiger partial charge on any atom is -0.464 e. The molecule has 1 aromatic rings. The standard InChI is InChI=1S/C14H20BrNO2/c1-4-9-14(3,13(17)18-5-2)16-12-8-6-7-11(15)10-12/h6-8,10,16H,4-5,9H2,1-3H3. The molecule has 1 N–H and O–H groups in total. The Hall–Kier alpha value is -1.03. The molecule has 0 aliphatic heterocycles. The molecule has 0 fully saturated rings. The molecule has 0 aromatic heterocycles. The fraction of sp³-hybridized carbons (Fsp3) is 0.500. The second-order valence-electron chi connectivity index (χ2n) is 4.44. The van der Waals surface area contributed by atoms with Crippen LogP contribution in [0.1, 0.15) is 33.6 Å². The maximum absolute atomic E-state index is 12.0. The van der Waals surface area contributed by atoms with Crippen molar-refractivity contribution in [2.75, 3.05) is 11.9 Å². The molecule has 4 heteroatoms. The van der Waals surface area contributed by atoms with Crippen LogP contribution in [0.15, 0.2) is 28.7 Å². The molecule has 18 heavy (non-hydrogen) atoms. The summed E-state index contributed by atoms with van der Waals surface area (Å²) in [6.07, 6.45) is 1.65. The van der Waals surface area contributed by atoms with Crippen molar-refractivity contribution in [2.24, 2.45) is 0 Å². The molecule has 0 saturated heterocycles. The highest BCUT2D eigenvalue weighted by Gasteiger charge is 2.33. The Bertz CT molecular complexity index is 409. The van der Waals surface area contributed by atoms with Gasteiger partial charge in [0.05, 0.1) is 6.61 Å². The molecule has 0 heterocycles. The van der Waals surface area contributed by atoms with Crippen molar-refractivity contribution in [2.45, 2.75) is 39.2 Å². The van der Waals surface area contributed by atoms with E-state index in [0.717, 1.165) is 23.0 Å². The number of benzene rings is 1. The fourth-order valence-corrected chi connectivity index (χ4v) is 2.29. The topological polar surface area (TPSA) is 38.3 Å². The van der Waals surface area contributed by atoms with E-state index in [4.69, 9.17) is 4.74 Å². The van der Waals surface area contributed by atoms with Gasteiger partial charge in [0.25, 0.3) is 0 Å². The van der Waals surface area contributed by atoms with Crippen LogP contribution in [0.5, 0.6) is 0 Å². The highest BCUT2D eigenvalue weighted by molar-refractivity contribution is 9.10. The Morgan fingerprint density at radius 1 is 1.44 bits per heavy atom. The van der Waals surface area contributed by atoms with Gasteiger partial charge in [0.2, 0.25) is 0 Å². The van der Waals surface area contributed by atoms with Crippen molar-refractivity contribution in [3.8, 4) is 0 Å². The molecular weight excluding hydrogens is 294 g/mol. The Balaban J connectivity index is 2.88. The first-order valence-electron chi connectivity index (χ1n) is 6.23. The number of halogens is 1. The van der Waals surface area contributed by atoms with E-state index in [1.165, 1.54) is 0 Å². The second-order valence-corrected chi connectivity index (χ2v) is 5.35. The highest BCUT2D eigenvalue weighted by Crippen LogP contribution is 2.24. The monoisotopic (exact) mass is 313 g/mol. The van der Waals surface area contributed by atoms with E-state index in [1.807, 2.05) is 38.1 Å². The summed E-state index contributed by atoms with van der Waals surface area (Å²) in [6.45, 7) is 6.16. The van der Waals surface area contributed by atoms with Crippen LogP contribution in [0.4, 0.5) is 5.69 Å². The van der Waals surface area contributed by atoms with Crippen LogP contribution < -0.4 is 5.32 Å². The minimum absolute atomic E-state index is 0.202. The van der Waals surface area contributed by atoms with Crippen molar-refractivity contribution in [3.63, 3.8) is 0 Å². The van der Waals surface area contributed by atoms with Crippen molar-refractivity contribution < 1.29 is 9.53 Å². The van der Waals surface area contributed by atoms with Crippen molar-refractivity contribution in [1.82, 2.24) is 0 Å². The maximum Gasteiger partial charge on any atom is 0.331 e. The molecule has 1 atom stereocenters. The lowest BCUT2D eigenvalue weighted by atomic mass is 9.95. The van der Waals surface area contributed by atoms with Crippen molar-refractivity contribution in [3.05, 3.63) is 28.7 Å². The smallest absolute Gasteiger partial charge is 0.331 e. The number of ether oxygens (including phenoxy) is 1. The van der Waals surface area contributed by atoms with Gasteiger partial charge >= 0.3 is 5.97 Å². The van der Waals surface area contributed by atoms with Crippen molar-refractivity contribution >= 4 is 27.6 Å². The van der Waals surface area contributed by atoms with Crippen LogP contribution in [0.25, 0.3) is 0 Å². The van der Waals surface area contributed by atoms with E-state index in [9.17, 15) is 4.79 Å². The molecule has 0 amide bonds. The van der Waals surface area contributed by atoms with Crippen LogP contribution in [0.3, 0.4) is 0 Å². The quantitative estimate of drug-likeness (QED) is 0.807. The van der Waals surface area contributed by atoms with Crippen molar-refractivity contribution in [1.29, 1.82) is 0 Å². The number of anilines is 1. The summed E-state index contributed by atoms with van der Waals surface area (Å²) in [6, 6.07) is 7.78. The normalized spacial score (nSPS) is 13.8. The summed E-state index contributed by atoms with van der Waals surface area (Å²) >= 11 is 3.42. The zero-order chi connectivity index (χ0) is 13.6. The minimum atomic E-state index is -0.675. The van der Waals surface area contributed by atoms with Gasteiger partial charge < -0.3 is 10.1 Å². The average molecular weight is 314 g/mol. The predicted molar refractivity (Wildman–Crippen MR) is 77.7 cm³/mol.